The van der Waals surface area contributed by atoms with E-state index in [1.54, 1.807) is 17.2 Å². The van der Waals surface area contributed by atoms with Crippen LogP contribution in [0.4, 0.5) is 0 Å². The summed E-state index contributed by atoms with van der Waals surface area (Å²) in [6.07, 6.45) is 3.24. The quantitative estimate of drug-likeness (QED) is 0.796. The van der Waals surface area contributed by atoms with Gasteiger partial charge in [-0.3, -0.25) is 4.79 Å². The predicted molar refractivity (Wildman–Crippen MR) is 91.3 cm³/mol. The average Bonchev–Trinajstić information content (AvgIpc) is 3.30. The van der Waals surface area contributed by atoms with Gasteiger partial charge in [0.1, 0.15) is 5.76 Å². The number of amides is 1. The van der Waals surface area contributed by atoms with Gasteiger partial charge >= 0.3 is 0 Å². The van der Waals surface area contributed by atoms with Gasteiger partial charge in [-0.05, 0) is 42.7 Å². The zero-order valence-corrected chi connectivity index (χ0v) is 14.3. The van der Waals surface area contributed by atoms with Crippen molar-refractivity contribution in [1.29, 1.82) is 0 Å². The molecule has 0 spiro atoms. The molecule has 0 radical (unpaired) electrons. The van der Waals surface area contributed by atoms with Crippen molar-refractivity contribution in [2.24, 2.45) is 0 Å². The van der Waals surface area contributed by atoms with E-state index in [1.165, 1.54) is 0 Å². The van der Waals surface area contributed by atoms with Gasteiger partial charge in [0.05, 0.1) is 25.5 Å². The molecule has 6 heteroatoms. The Bertz CT molecular complexity index is 694. The number of furan rings is 1. The van der Waals surface area contributed by atoms with Crippen LogP contribution in [0.25, 0.3) is 0 Å². The molecule has 3 rings (SSSR count). The molecule has 0 aliphatic carbocycles. The summed E-state index contributed by atoms with van der Waals surface area (Å²) < 4.78 is 16.0. The maximum Gasteiger partial charge on any atom is 0.231 e. The van der Waals surface area contributed by atoms with E-state index in [4.69, 9.17) is 13.9 Å². The fourth-order valence-electron chi connectivity index (χ4n) is 2.93. The number of rotatable bonds is 8. The van der Waals surface area contributed by atoms with Crippen LogP contribution in [0.15, 0.2) is 41.0 Å². The molecular formula is C19H23NO5. The number of carbonyl (C=O) groups is 1. The van der Waals surface area contributed by atoms with Crippen molar-refractivity contribution in [3.05, 3.63) is 47.9 Å². The summed E-state index contributed by atoms with van der Waals surface area (Å²) in [5, 5.41) is 9.61. The first-order valence-corrected chi connectivity index (χ1v) is 8.52. The topological polar surface area (TPSA) is 72.1 Å². The summed E-state index contributed by atoms with van der Waals surface area (Å²) >= 11 is 0. The minimum atomic E-state index is -0.214. The molecular weight excluding hydrogens is 322 g/mol. The molecule has 2 heterocycles. The molecule has 134 valence electrons. The highest BCUT2D eigenvalue weighted by Crippen LogP contribution is 2.32. The largest absolute Gasteiger partial charge is 0.467 e. The zero-order chi connectivity index (χ0) is 17.6. The van der Waals surface area contributed by atoms with Crippen molar-refractivity contribution in [2.75, 3.05) is 13.4 Å². The Labute approximate surface area is 147 Å². The summed E-state index contributed by atoms with van der Waals surface area (Å²) in [6.45, 7) is 2.50. The summed E-state index contributed by atoms with van der Waals surface area (Å²) in [7, 11) is 0. The second-order valence-electron chi connectivity index (χ2n) is 6.03. The minimum Gasteiger partial charge on any atom is -0.467 e. The molecule has 1 atom stereocenters. The standard InChI is InChI=1S/C19H23NO5/c1-2-15(12-21)20(11-16-4-3-9-23-16)19(22)8-6-14-5-7-17-18(10-14)25-13-24-17/h3-5,7,9-10,15,21H,2,6,8,11-13H2,1H3/t15-/m0/s1. The number of aliphatic hydroxyl groups excluding tert-OH is 1. The molecule has 1 N–H and O–H groups in total. The summed E-state index contributed by atoms with van der Waals surface area (Å²) in [4.78, 5) is 14.5. The second-order valence-corrected chi connectivity index (χ2v) is 6.03. The summed E-state index contributed by atoms with van der Waals surface area (Å²) in [5.74, 6) is 2.17. The number of hydrogen-bond acceptors (Lipinski definition) is 5. The number of nitrogens with zero attached hydrogens (tertiary/aromatic N) is 1. The number of ether oxygens (including phenoxy) is 2. The molecule has 0 saturated heterocycles. The maximum atomic E-state index is 12.8. The Morgan fingerprint density at radius 2 is 2.12 bits per heavy atom. The first-order chi connectivity index (χ1) is 12.2. The molecule has 6 nitrogen and oxygen atoms in total. The van der Waals surface area contributed by atoms with Crippen LogP contribution in [0.3, 0.4) is 0 Å². The molecule has 1 aromatic carbocycles. The minimum absolute atomic E-state index is 0.00466. The van der Waals surface area contributed by atoms with E-state index in [-0.39, 0.29) is 25.3 Å². The van der Waals surface area contributed by atoms with Crippen LogP contribution in [-0.2, 0) is 17.8 Å². The van der Waals surface area contributed by atoms with Crippen LogP contribution in [-0.4, -0.2) is 35.4 Å². The second kappa shape index (κ2) is 8.07. The van der Waals surface area contributed by atoms with Crippen molar-refractivity contribution in [2.45, 2.75) is 38.8 Å². The highest BCUT2D eigenvalue weighted by Gasteiger charge is 2.23. The Hall–Kier alpha value is -2.47. The van der Waals surface area contributed by atoms with Crippen LogP contribution < -0.4 is 9.47 Å². The van der Waals surface area contributed by atoms with Crippen molar-refractivity contribution in [3.8, 4) is 11.5 Å². The lowest BCUT2D eigenvalue weighted by Gasteiger charge is -2.29. The monoisotopic (exact) mass is 345 g/mol. The van der Waals surface area contributed by atoms with Gasteiger partial charge in [0, 0.05) is 6.42 Å². The lowest BCUT2D eigenvalue weighted by Crippen LogP contribution is -2.41. The third kappa shape index (κ3) is 4.14. The van der Waals surface area contributed by atoms with Crippen molar-refractivity contribution < 1.29 is 23.8 Å². The van der Waals surface area contributed by atoms with Gasteiger partial charge in [0.25, 0.3) is 0 Å². The van der Waals surface area contributed by atoms with E-state index in [1.807, 2.05) is 31.2 Å². The predicted octanol–water partition coefficient (Wildman–Crippen LogP) is 2.74. The summed E-state index contributed by atoms with van der Waals surface area (Å²) in [5.41, 5.74) is 1.02. The van der Waals surface area contributed by atoms with Crippen LogP contribution >= 0.6 is 0 Å². The van der Waals surface area contributed by atoms with Gasteiger partial charge in [-0.1, -0.05) is 13.0 Å². The molecule has 1 aromatic heterocycles. The molecule has 0 unspecified atom stereocenters. The van der Waals surface area contributed by atoms with Crippen molar-refractivity contribution in [3.63, 3.8) is 0 Å². The third-order valence-electron chi connectivity index (χ3n) is 4.41. The SMILES string of the molecule is CC[C@@H](CO)N(Cc1ccco1)C(=O)CCc1ccc2c(c1)OCO2. The average molecular weight is 345 g/mol. The Kier molecular flexibility index (Phi) is 5.60. The Morgan fingerprint density at radius 1 is 1.28 bits per heavy atom. The fourth-order valence-corrected chi connectivity index (χ4v) is 2.93. The van der Waals surface area contributed by atoms with Gasteiger partial charge in [-0.15, -0.1) is 0 Å². The molecule has 0 fully saturated rings. The molecule has 1 aliphatic rings. The van der Waals surface area contributed by atoms with Crippen LogP contribution in [0.1, 0.15) is 31.1 Å². The van der Waals surface area contributed by atoms with Gasteiger partial charge in [0.15, 0.2) is 11.5 Å². The normalized spacial score (nSPS) is 13.7. The van der Waals surface area contributed by atoms with Crippen LogP contribution in [0, 0.1) is 0 Å². The van der Waals surface area contributed by atoms with Crippen LogP contribution in [0.2, 0.25) is 0 Å². The lowest BCUT2D eigenvalue weighted by molar-refractivity contribution is -0.135. The smallest absolute Gasteiger partial charge is 0.231 e. The molecule has 1 amide bonds. The highest BCUT2D eigenvalue weighted by atomic mass is 16.7. The van der Waals surface area contributed by atoms with E-state index in [0.717, 1.165) is 17.1 Å². The van der Waals surface area contributed by atoms with E-state index in [0.29, 0.717) is 31.6 Å². The van der Waals surface area contributed by atoms with Crippen molar-refractivity contribution in [1.82, 2.24) is 4.90 Å². The number of aryl methyl sites for hydroxylation is 1. The molecule has 1 aliphatic heterocycles. The number of carbonyl (C=O) groups excluding carboxylic acids is 1. The fraction of sp³-hybridized carbons (Fsp3) is 0.421. The van der Waals surface area contributed by atoms with E-state index in [9.17, 15) is 9.90 Å². The summed E-state index contributed by atoms with van der Waals surface area (Å²) in [6, 6.07) is 9.14. The maximum absolute atomic E-state index is 12.8. The first-order valence-electron chi connectivity index (χ1n) is 8.52. The van der Waals surface area contributed by atoms with E-state index < -0.39 is 0 Å². The molecule has 25 heavy (non-hydrogen) atoms. The molecule has 0 bridgehead atoms. The Morgan fingerprint density at radius 3 is 2.84 bits per heavy atom. The van der Waals surface area contributed by atoms with Gasteiger partial charge in [-0.25, -0.2) is 0 Å². The van der Waals surface area contributed by atoms with Gasteiger partial charge < -0.3 is 23.9 Å². The van der Waals surface area contributed by atoms with E-state index in [2.05, 4.69) is 0 Å². The number of aliphatic hydroxyl groups is 1. The molecule has 2 aromatic rings. The first kappa shape index (κ1) is 17.4. The third-order valence-corrected chi connectivity index (χ3v) is 4.41. The highest BCUT2D eigenvalue weighted by molar-refractivity contribution is 5.76. The van der Waals surface area contributed by atoms with Gasteiger partial charge in [-0.2, -0.15) is 0 Å². The Balaban J connectivity index is 1.65. The van der Waals surface area contributed by atoms with Gasteiger partial charge in [0.2, 0.25) is 12.7 Å². The number of hydrogen-bond donors (Lipinski definition) is 1. The number of fused-ring (bicyclic) bond motifs is 1. The van der Waals surface area contributed by atoms with E-state index >= 15 is 0 Å². The zero-order valence-electron chi connectivity index (χ0n) is 14.3. The van der Waals surface area contributed by atoms with Crippen LogP contribution in [0.5, 0.6) is 11.5 Å². The number of benzene rings is 1. The molecule has 0 saturated carbocycles. The van der Waals surface area contributed by atoms with Crippen molar-refractivity contribution >= 4 is 5.91 Å². The lowest BCUT2D eigenvalue weighted by atomic mass is 10.1.